The molecule has 0 aliphatic carbocycles. The lowest BCUT2D eigenvalue weighted by Crippen LogP contribution is -2.45. The van der Waals surface area contributed by atoms with Crippen molar-refractivity contribution in [3.8, 4) is 11.8 Å². The number of carbonyl (C=O) groups is 3. The van der Waals surface area contributed by atoms with E-state index >= 15 is 0 Å². The molecule has 0 spiro atoms. The zero-order valence-corrected chi connectivity index (χ0v) is 22.9. The number of anilines is 2. The fourth-order valence-electron chi connectivity index (χ4n) is 3.74. The van der Waals surface area contributed by atoms with Gasteiger partial charge in [0, 0.05) is 27.6 Å². The van der Waals surface area contributed by atoms with Gasteiger partial charge in [-0.15, -0.1) is 0 Å². The standard InChI is InChI=1S/C24H35N5O6Si/c1-24(2,3)35-23(32)27(10-9-25)17-13-20(30)28(14-17)19-8-7-18-22(26-19)29(21(31)15-34-18)16-33-11-12-36(4,5)6/h7-8,17H,10-16H2,1-6H3. The smallest absolute Gasteiger partial charge is 0.411 e. The summed E-state index contributed by atoms with van der Waals surface area (Å²) in [5, 5.41) is 9.24. The SMILES string of the molecule is CC(C)(C)OC(=O)N(CC#N)C1CC(=O)N(c2ccc3c(n2)N(COCC[Si](C)(C)C)C(=O)CO3)C1. The number of amides is 3. The lowest BCUT2D eigenvalue weighted by atomic mass is 10.2. The van der Waals surface area contributed by atoms with Gasteiger partial charge in [-0.1, -0.05) is 19.6 Å². The van der Waals surface area contributed by atoms with E-state index in [1.54, 1.807) is 32.9 Å². The van der Waals surface area contributed by atoms with Crippen molar-refractivity contribution in [2.45, 2.75) is 64.5 Å². The molecule has 1 saturated heterocycles. The molecule has 1 unspecified atom stereocenters. The molecule has 3 heterocycles. The number of ether oxygens (including phenoxy) is 3. The fourth-order valence-corrected chi connectivity index (χ4v) is 4.50. The number of hydrogen-bond donors (Lipinski definition) is 0. The predicted octanol–water partition coefficient (Wildman–Crippen LogP) is 2.99. The molecule has 1 fully saturated rings. The largest absolute Gasteiger partial charge is 0.480 e. The molecule has 3 rings (SSSR count). The summed E-state index contributed by atoms with van der Waals surface area (Å²) >= 11 is 0. The van der Waals surface area contributed by atoms with Gasteiger partial charge in [0.25, 0.3) is 5.91 Å². The molecule has 1 aromatic heterocycles. The van der Waals surface area contributed by atoms with Crippen molar-refractivity contribution in [2.75, 3.05) is 42.8 Å². The second kappa shape index (κ2) is 10.8. The first-order chi connectivity index (χ1) is 16.8. The first-order valence-corrected chi connectivity index (χ1v) is 15.7. The Hall–Kier alpha value is -3.17. The Morgan fingerprint density at radius 3 is 2.64 bits per heavy atom. The molecule has 2 aliphatic rings. The van der Waals surface area contributed by atoms with Crippen LogP contribution in [-0.2, 0) is 19.1 Å². The van der Waals surface area contributed by atoms with Crippen molar-refractivity contribution in [1.82, 2.24) is 9.88 Å². The summed E-state index contributed by atoms with van der Waals surface area (Å²) in [6, 6.07) is 5.69. The maximum Gasteiger partial charge on any atom is 0.411 e. The van der Waals surface area contributed by atoms with Gasteiger partial charge in [-0.2, -0.15) is 5.26 Å². The minimum atomic E-state index is -1.28. The summed E-state index contributed by atoms with van der Waals surface area (Å²) in [5.74, 6) is 0.507. The molecule has 12 heteroatoms. The maximum atomic E-state index is 12.9. The molecule has 0 radical (unpaired) electrons. The molecule has 0 bridgehead atoms. The summed E-state index contributed by atoms with van der Waals surface area (Å²) in [5.41, 5.74) is -0.736. The highest BCUT2D eigenvalue weighted by molar-refractivity contribution is 6.76. The predicted molar refractivity (Wildman–Crippen MR) is 136 cm³/mol. The van der Waals surface area contributed by atoms with Crippen LogP contribution in [0.5, 0.6) is 5.75 Å². The Kier molecular flexibility index (Phi) is 8.25. The van der Waals surface area contributed by atoms with Gasteiger partial charge >= 0.3 is 6.09 Å². The van der Waals surface area contributed by atoms with E-state index in [2.05, 4.69) is 24.6 Å². The van der Waals surface area contributed by atoms with E-state index in [1.165, 1.54) is 14.7 Å². The average Bonchev–Trinajstić information content (AvgIpc) is 3.15. The molecule has 2 aliphatic heterocycles. The number of pyridine rings is 1. The van der Waals surface area contributed by atoms with E-state index in [-0.39, 0.29) is 50.5 Å². The number of hydrogen-bond acceptors (Lipinski definition) is 8. The molecule has 1 atom stereocenters. The molecule has 36 heavy (non-hydrogen) atoms. The number of carbonyl (C=O) groups excluding carboxylic acids is 3. The van der Waals surface area contributed by atoms with E-state index in [0.29, 0.717) is 18.2 Å². The Morgan fingerprint density at radius 2 is 2.00 bits per heavy atom. The maximum absolute atomic E-state index is 12.9. The second-order valence-electron chi connectivity index (χ2n) is 11.1. The highest BCUT2D eigenvalue weighted by atomic mass is 28.3. The normalized spacial score (nSPS) is 18.0. The third-order valence-electron chi connectivity index (χ3n) is 5.64. The monoisotopic (exact) mass is 517 g/mol. The molecular weight excluding hydrogens is 482 g/mol. The van der Waals surface area contributed by atoms with Crippen LogP contribution in [0.15, 0.2) is 12.1 Å². The van der Waals surface area contributed by atoms with Crippen LogP contribution < -0.4 is 14.5 Å². The summed E-state index contributed by atoms with van der Waals surface area (Å²) < 4.78 is 16.7. The van der Waals surface area contributed by atoms with Crippen molar-refractivity contribution >= 4 is 37.6 Å². The lowest BCUT2D eigenvalue weighted by molar-refractivity contribution is -0.122. The highest BCUT2D eigenvalue weighted by Crippen LogP contribution is 2.34. The third-order valence-corrected chi connectivity index (χ3v) is 7.34. The first-order valence-electron chi connectivity index (χ1n) is 12.0. The molecule has 3 amide bonds. The summed E-state index contributed by atoms with van der Waals surface area (Å²) in [6.45, 7) is 12.4. The van der Waals surface area contributed by atoms with Crippen LogP contribution in [-0.4, -0.2) is 80.5 Å². The quantitative estimate of drug-likeness (QED) is 0.293. The topological polar surface area (TPSA) is 125 Å². The van der Waals surface area contributed by atoms with E-state index in [0.717, 1.165) is 6.04 Å². The van der Waals surface area contributed by atoms with Gasteiger partial charge in [0.1, 0.15) is 24.7 Å². The summed E-state index contributed by atoms with van der Waals surface area (Å²) in [7, 11) is -1.28. The van der Waals surface area contributed by atoms with Crippen molar-refractivity contribution in [3.63, 3.8) is 0 Å². The van der Waals surface area contributed by atoms with Crippen LogP contribution in [0.2, 0.25) is 25.7 Å². The number of nitrogens with zero attached hydrogens (tertiary/aromatic N) is 5. The Bertz CT molecular complexity index is 1040. The lowest BCUT2D eigenvalue weighted by Gasteiger charge is -2.30. The van der Waals surface area contributed by atoms with Crippen LogP contribution in [0.1, 0.15) is 27.2 Å². The van der Waals surface area contributed by atoms with Gasteiger partial charge in [0.15, 0.2) is 18.2 Å². The van der Waals surface area contributed by atoms with Crippen molar-refractivity contribution in [1.29, 1.82) is 5.26 Å². The van der Waals surface area contributed by atoms with Crippen molar-refractivity contribution in [3.05, 3.63) is 12.1 Å². The van der Waals surface area contributed by atoms with Crippen molar-refractivity contribution in [2.24, 2.45) is 0 Å². The fraction of sp³-hybridized carbons (Fsp3) is 0.625. The molecule has 11 nitrogen and oxygen atoms in total. The number of fused-ring (bicyclic) bond motifs is 1. The van der Waals surface area contributed by atoms with E-state index in [1.807, 2.05) is 6.07 Å². The van der Waals surface area contributed by atoms with E-state index in [9.17, 15) is 19.6 Å². The van der Waals surface area contributed by atoms with E-state index in [4.69, 9.17) is 14.2 Å². The second-order valence-corrected chi connectivity index (χ2v) is 16.7. The van der Waals surface area contributed by atoms with Crippen molar-refractivity contribution < 1.29 is 28.6 Å². The molecule has 1 aromatic rings. The molecule has 0 N–H and O–H groups in total. The first kappa shape index (κ1) is 27.4. The van der Waals surface area contributed by atoms with Crippen LogP contribution in [0.4, 0.5) is 16.4 Å². The number of nitriles is 1. The average molecular weight is 518 g/mol. The van der Waals surface area contributed by atoms with Crippen LogP contribution >= 0.6 is 0 Å². The van der Waals surface area contributed by atoms with Gasteiger partial charge in [-0.25, -0.2) is 9.78 Å². The molecular formula is C24H35N5O6Si. The third kappa shape index (κ3) is 6.95. The van der Waals surface area contributed by atoms with Gasteiger partial charge in [-0.3, -0.25) is 24.3 Å². The Balaban J connectivity index is 1.77. The molecule has 196 valence electrons. The summed E-state index contributed by atoms with van der Waals surface area (Å²) in [4.78, 5) is 46.9. The van der Waals surface area contributed by atoms with Crippen LogP contribution in [0, 0.1) is 11.3 Å². The Morgan fingerprint density at radius 1 is 1.28 bits per heavy atom. The molecule has 0 aromatic carbocycles. The number of aromatic nitrogens is 1. The minimum Gasteiger partial charge on any atom is -0.480 e. The van der Waals surface area contributed by atoms with Crippen LogP contribution in [0.25, 0.3) is 0 Å². The minimum absolute atomic E-state index is 0.0264. The Labute approximate surface area is 212 Å². The van der Waals surface area contributed by atoms with Crippen LogP contribution in [0.3, 0.4) is 0 Å². The van der Waals surface area contributed by atoms with Gasteiger partial charge in [0.2, 0.25) is 5.91 Å². The zero-order valence-electron chi connectivity index (χ0n) is 21.9. The van der Waals surface area contributed by atoms with Gasteiger partial charge in [0.05, 0.1) is 12.1 Å². The number of rotatable bonds is 8. The van der Waals surface area contributed by atoms with Gasteiger partial charge in [-0.05, 0) is 38.9 Å². The zero-order chi connectivity index (χ0) is 26.7. The van der Waals surface area contributed by atoms with E-state index < -0.39 is 25.8 Å². The summed E-state index contributed by atoms with van der Waals surface area (Å²) in [6.07, 6.45) is -0.624. The molecule has 0 saturated carbocycles. The highest BCUT2D eigenvalue weighted by Gasteiger charge is 2.39. The van der Waals surface area contributed by atoms with Gasteiger partial charge < -0.3 is 14.2 Å².